The Bertz CT molecular complexity index is 1320. The molecule has 2 aromatic heterocycles. The third kappa shape index (κ3) is 3.67. The second-order valence-electron chi connectivity index (χ2n) is 9.14. The molecule has 4 aromatic rings. The summed E-state index contributed by atoms with van der Waals surface area (Å²) in [5, 5.41) is 2.76. The van der Waals surface area contributed by atoms with Crippen molar-refractivity contribution in [1.82, 2.24) is 19.9 Å². The summed E-state index contributed by atoms with van der Waals surface area (Å²) in [7, 11) is 0. The number of aromatic nitrogens is 3. The van der Waals surface area contributed by atoms with Crippen LogP contribution in [-0.4, -0.2) is 44.6 Å². The van der Waals surface area contributed by atoms with Crippen LogP contribution in [0.1, 0.15) is 27.2 Å². The quantitative estimate of drug-likeness (QED) is 0.388. The Morgan fingerprint density at radius 1 is 1.09 bits per heavy atom. The number of benzene rings is 2. The summed E-state index contributed by atoms with van der Waals surface area (Å²) in [5.41, 5.74) is 1.11. The predicted molar refractivity (Wildman–Crippen MR) is 126 cm³/mol. The Morgan fingerprint density at radius 3 is 2.56 bits per heavy atom. The van der Waals surface area contributed by atoms with E-state index in [-0.39, 0.29) is 22.8 Å². The fourth-order valence-electron chi connectivity index (χ4n) is 4.37. The summed E-state index contributed by atoms with van der Waals surface area (Å²) >= 11 is 6.44. The van der Waals surface area contributed by atoms with Crippen LogP contribution in [0.25, 0.3) is 32.9 Å². The minimum atomic E-state index is -0.512. The van der Waals surface area contributed by atoms with Crippen molar-refractivity contribution in [3.8, 4) is 17.3 Å². The Balaban J connectivity index is 1.49. The van der Waals surface area contributed by atoms with E-state index in [0.29, 0.717) is 28.6 Å². The maximum Gasteiger partial charge on any atom is 0.317 e. The van der Waals surface area contributed by atoms with Crippen molar-refractivity contribution in [2.75, 3.05) is 13.2 Å². The lowest BCUT2D eigenvalue weighted by molar-refractivity contribution is -0.0223. The molecule has 5 rings (SSSR count). The standard InChI is InChI=1S/C25H24ClFN4O/c1-25(2,3)31-11-10-17(31)14-32-24-29-13-16-12-28-23(21(27)22(16)30-24)18-8-4-6-15-7-5-9-19(26)20(15)18/h4-9,12-13,17H,10-11,14H2,1-3H3. The van der Waals surface area contributed by atoms with Gasteiger partial charge in [-0.25, -0.2) is 9.37 Å². The van der Waals surface area contributed by atoms with Crippen molar-refractivity contribution in [3.63, 3.8) is 0 Å². The van der Waals surface area contributed by atoms with Crippen molar-refractivity contribution in [1.29, 1.82) is 0 Å². The van der Waals surface area contributed by atoms with Crippen LogP contribution in [0.5, 0.6) is 6.01 Å². The maximum absolute atomic E-state index is 15.6. The fourth-order valence-corrected chi connectivity index (χ4v) is 4.65. The third-order valence-corrected chi connectivity index (χ3v) is 6.38. The van der Waals surface area contributed by atoms with Gasteiger partial charge in [-0.2, -0.15) is 4.98 Å². The van der Waals surface area contributed by atoms with Crippen molar-refractivity contribution < 1.29 is 9.13 Å². The Labute approximate surface area is 191 Å². The lowest BCUT2D eigenvalue weighted by Gasteiger charge is -2.49. The number of fused-ring (bicyclic) bond motifs is 2. The molecule has 0 aliphatic carbocycles. The number of halogens is 2. The third-order valence-electron chi connectivity index (χ3n) is 6.06. The summed E-state index contributed by atoms with van der Waals surface area (Å²) in [6.07, 6.45) is 4.20. The van der Waals surface area contributed by atoms with E-state index >= 15 is 4.39 Å². The Morgan fingerprint density at radius 2 is 1.84 bits per heavy atom. The summed E-state index contributed by atoms with van der Waals surface area (Å²) < 4.78 is 21.5. The summed E-state index contributed by atoms with van der Waals surface area (Å²) in [5.74, 6) is -0.512. The van der Waals surface area contributed by atoms with Gasteiger partial charge in [-0.1, -0.05) is 41.9 Å². The van der Waals surface area contributed by atoms with E-state index in [1.807, 2.05) is 30.3 Å². The number of pyridine rings is 1. The first-order valence-electron chi connectivity index (χ1n) is 10.7. The van der Waals surface area contributed by atoms with Crippen LogP contribution in [0, 0.1) is 5.82 Å². The smallest absolute Gasteiger partial charge is 0.317 e. The number of hydrogen-bond acceptors (Lipinski definition) is 5. The highest BCUT2D eigenvalue weighted by molar-refractivity contribution is 6.36. The SMILES string of the molecule is CC(C)(C)N1CCC1COc1ncc2cnc(-c3cccc4cccc(Cl)c34)c(F)c2n1. The summed E-state index contributed by atoms with van der Waals surface area (Å²) in [4.78, 5) is 15.4. The molecule has 0 radical (unpaired) electrons. The van der Waals surface area contributed by atoms with Gasteiger partial charge in [-0.15, -0.1) is 0 Å². The topological polar surface area (TPSA) is 51.1 Å². The van der Waals surface area contributed by atoms with Crippen molar-refractivity contribution in [2.45, 2.75) is 38.8 Å². The van der Waals surface area contributed by atoms with Crippen LogP contribution in [0.3, 0.4) is 0 Å². The van der Waals surface area contributed by atoms with E-state index in [1.54, 1.807) is 18.5 Å². The zero-order chi connectivity index (χ0) is 22.5. The average molecular weight is 451 g/mol. The molecule has 3 heterocycles. The van der Waals surface area contributed by atoms with Crippen LogP contribution in [0.4, 0.5) is 4.39 Å². The van der Waals surface area contributed by atoms with E-state index in [0.717, 1.165) is 23.7 Å². The van der Waals surface area contributed by atoms with Crippen LogP contribution >= 0.6 is 11.6 Å². The van der Waals surface area contributed by atoms with Crippen molar-refractivity contribution in [2.24, 2.45) is 0 Å². The molecule has 0 spiro atoms. The van der Waals surface area contributed by atoms with Crippen LogP contribution < -0.4 is 4.74 Å². The minimum absolute atomic E-state index is 0.0862. The van der Waals surface area contributed by atoms with Gasteiger partial charge in [0.2, 0.25) is 0 Å². The monoisotopic (exact) mass is 450 g/mol. The predicted octanol–water partition coefficient (Wildman–Crippen LogP) is 5.89. The lowest BCUT2D eigenvalue weighted by atomic mass is 9.94. The first-order valence-corrected chi connectivity index (χ1v) is 11.1. The normalized spacial score (nSPS) is 17.0. The Kier molecular flexibility index (Phi) is 5.22. The lowest BCUT2D eigenvalue weighted by Crippen LogP contribution is -2.59. The zero-order valence-corrected chi connectivity index (χ0v) is 19.0. The van der Waals surface area contributed by atoms with Crippen molar-refractivity contribution in [3.05, 3.63) is 59.6 Å². The first-order chi connectivity index (χ1) is 15.3. The first kappa shape index (κ1) is 21.0. The zero-order valence-electron chi connectivity index (χ0n) is 18.3. The minimum Gasteiger partial charge on any atom is -0.462 e. The van der Waals surface area contributed by atoms with E-state index < -0.39 is 5.82 Å². The highest BCUT2D eigenvalue weighted by Crippen LogP contribution is 2.35. The highest BCUT2D eigenvalue weighted by atomic mass is 35.5. The molecule has 1 aliphatic rings. The number of hydrogen-bond donors (Lipinski definition) is 0. The molecule has 7 heteroatoms. The molecular weight excluding hydrogens is 427 g/mol. The van der Waals surface area contributed by atoms with Crippen LogP contribution in [0.15, 0.2) is 48.8 Å². The molecule has 5 nitrogen and oxygen atoms in total. The molecule has 0 N–H and O–H groups in total. The number of nitrogens with zero attached hydrogens (tertiary/aromatic N) is 4. The van der Waals surface area contributed by atoms with Gasteiger partial charge >= 0.3 is 6.01 Å². The van der Waals surface area contributed by atoms with Gasteiger partial charge in [0.25, 0.3) is 0 Å². The van der Waals surface area contributed by atoms with Gasteiger partial charge in [0.1, 0.15) is 17.8 Å². The maximum atomic E-state index is 15.6. The molecule has 1 saturated heterocycles. The molecule has 0 bridgehead atoms. The van der Waals surface area contributed by atoms with Crippen LogP contribution in [0.2, 0.25) is 5.02 Å². The average Bonchev–Trinajstić information content (AvgIpc) is 2.72. The molecule has 1 aliphatic heterocycles. The van der Waals surface area contributed by atoms with Gasteiger partial charge in [0.05, 0.1) is 0 Å². The molecule has 2 aromatic carbocycles. The summed E-state index contributed by atoms with van der Waals surface area (Å²) in [6, 6.07) is 11.7. The van der Waals surface area contributed by atoms with Gasteiger partial charge < -0.3 is 4.74 Å². The number of likely N-dealkylation sites (tertiary alicyclic amines) is 1. The van der Waals surface area contributed by atoms with Gasteiger partial charge in [0, 0.05) is 51.9 Å². The molecule has 0 amide bonds. The summed E-state index contributed by atoms with van der Waals surface area (Å²) in [6.45, 7) is 8.09. The number of ether oxygens (including phenoxy) is 1. The largest absolute Gasteiger partial charge is 0.462 e. The van der Waals surface area contributed by atoms with E-state index in [2.05, 4.69) is 40.6 Å². The molecule has 164 valence electrons. The molecule has 1 unspecified atom stereocenters. The molecule has 0 saturated carbocycles. The second kappa shape index (κ2) is 7.94. The number of rotatable bonds is 4. The Hall–Kier alpha value is -2.83. The van der Waals surface area contributed by atoms with E-state index in [4.69, 9.17) is 16.3 Å². The van der Waals surface area contributed by atoms with Gasteiger partial charge in [-0.3, -0.25) is 9.88 Å². The molecule has 32 heavy (non-hydrogen) atoms. The van der Waals surface area contributed by atoms with E-state index in [9.17, 15) is 0 Å². The highest BCUT2D eigenvalue weighted by Gasteiger charge is 2.36. The van der Waals surface area contributed by atoms with Gasteiger partial charge in [-0.05, 0) is 38.6 Å². The van der Waals surface area contributed by atoms with Gasteiger partial charge in [0.15, 0.2) is 5.82 Å². The van der Waals surface area contributed by atoms with Crippen LogP contribution in [-0.2, 0) is 0 Å². The van der Waals surface area contributed by atoms with Crippen molar-refractivity contribution >= 4 is 33.3 Å². The fraction of sp³-hybridized carbons (Fsp3) is 0.320. The molecule has 1 atom stereocenters. The van der Waals surface area contributed by atoms with E-state index in [1.165, 1.54) is 0 Å². The molecule has 1 fully saturated rings. The molecular formula is C25H24ClFN4O. The second-order valence-corrected chi connectivity index (χ2v) is 9.55.